The first kappa shape index (κ1) is 18.2. The predicted octanol–water partition coefficient (Wildman–Crippen LogP) is 4.04. The molecule has 4 nitrogen and oxygen atoms in total. The van der Waals surface area contributed by atoms with Crippen LogP contribution in [0.4, 0.5) is 4.79 Å². The predicted molar refractivity (Wildman–Crippen MR) is 87.8 cm³/mol. The maximum atomic E-state index is 11.9. The number of ether oxygens (including phenoxy) is 1. The lowest BCUT2D eigenvalue weighted by molar-refractivity contribution is -0.108. The van der Waals surface area contributed by atoms with E-state index < -0.39 is 11.7 Å². The number of amides is 1. The molecule has 0 saturated carbocycles. The van der Waals surface area contributed by atoms with Gasteiger partial charge in [-0.15, -0.1) is 0 Å². The van der Waals surface area contributed by atoms with Crippen molar-refractivity contribution >= 4 is 12.4 Å². The molecule has 122 valence electrons. The fraction of sp³-hybridized carbons (Fsp3) is 0.556. The number of carbonyl (C=O) groups excluding carboxylic acids is 2. The van der Waals surface area contributed by atoms with Gasteiger partial charge in [0.05, 0.1) is 6.04 Å². The number of alkyl carbamates (subject to hydrolysis) is 1. The molecule has 0 bridgehead atoms. The average Bonchev–Trinajstić information content (AvgIpc) is 2.36. The molecule has 1 N–H and O–H groups in total. The van der Waals surface area contributed by atoms with E-state index in [0.717, 1.165) is 18.3 Å². The highest BCUT2D eigenvalue weighted by atomic mass is 16.6. The molecule has 1 atom stereocenters. The van der Waals surface area contributed by atoms with Crippen molar-refractivity contribution in [3.05, 3.63) is 35.4 Å². The minimum Gasteiger partial charge on any atom is -0.444 e. The largest absolute Gasteiger partial charge is 0.444 e. The first-order chi connectivity index (χ1) is 10.2. The maximum absolute atomic E-state index is 11.9. The quantitative estimate of drug-likeness (QED) is 0.807. The summed E-state index contributed by atoms with van der Waals surface area (Å²) in [4.78, 5) is 22.8. The van der Waals surface area contributed by atoms with Gasteiger partial charge in [0, 0.05) is 6.42 Å². The van der Waals surface area contributed by atoms with Gasteiger partial charge in [-0.05, 0) is 44.2 Å². The molecule has 0 aliphatic carbocycles. The Morgan fingerprint density at radius 3 is 2.27 bits per heavy atom. The van der Waals surface area contributed by atoms with Gasteiger partial charge >= 0.3 is 6.09 Å². The number of rotatable bonds is 6. The molecule has 0 heterocycles. The fourth-order valence-corrected chi connectivity index (χ4v) is 2.18. The van der Waals surface area contributed by atoms with Gasteiger partial charge in [0.25, 0.3) is 0 Å². The second-order valence-electron chi connectivity index (χ2n) is 6.94. The Balaban J connectivity index is 2.77. The second kappa shape index (κ2) is 7.97. The number of nitrogens with one attached hydrogen (secondary N) is 1. The summed E-state index contributed by atoms with van der Waals surface area (Å²) in [5, 5.41) is 2.76. The van der Waals surface area contributed by atoms with Gasteiger partial charge in [-0.1, -0.05) is 38.1 Å². The Morgan fingerprint density at radius 1 is 1.23 bits per heavy atom. The molecule has 4 heteroatoms. The summed E-state index contributed by atoms with van der Waals surface area (Å²) in [7, 11) is 0. The van der Waals surface area contributed by atoms with E-state index in [4.69, 9.17) is 4.74 Å². The van der Waals surface area contributed by atoms with Gasteiger partial charge < -0.3 is 14.8 Å². The first-order valence-corrected chi connectivity index (χ1v) is 7.73. The van der Waals surface area contributed by atoms with Crippen molar-refractivity contribution in [3.63, 3.8) is 0 Å². The van der Waals surface area contributed by atoms with Crippen molar-refractivity contribution in [2.75, 3.05) is 0 Å². The van der Waals surface area contributed by atoms with Gasteiger partial charge in [0.2, 0.25) is 0 Å². The molecule has 1 amide bonds. The summed E-state index contributed by atoms with van der Waals surface area (Å²) >= 11 is 0. The zero-order chi connectivity index (χ0) is 16.8. The van der Waals surface area contributed by atoms with Gasteiger partial charge in [0.15, 0.2) is 0 Å². The molecule has 0 aliphatic heterocycles. The smallest absolute Gasteiger partial charge is 0.408 e. The van der Waals surface area contributed by atoms with Crippen LogP contribution in [-0.2, 0) is 16.0 Å². The number of hydrogen-bond acceptors (Lipinski definition) is 3. The highest BCUT2D eigenvalue weighted by molar-refractivity contribution is 5.69. The van der Waals surface area contributed by atoms with Crippen molar-refractivity contribution in [1.29, 1.82) is 0 Å². The highest BCUT2D eigenvalue weighted by Gasteiger charge is 2.20. The van der Waals surface area contributed by atoms with E-state index in [1.165, 1.54) is 5.56 Å². The Kier molecular flexibility index (Phi) is 6.60. The third-order valence-electron chi connectivity index (χ3n) is 3.05. The normalized spacial score (nSPS) is 12.8. The van der Waals surface area contributed by atoms with Crippen LogP contribution in [-0.4, -0.2) is 18.0 Å². The fourth-order valence-electron chi connectivity index (χ4n) is 2.18. The SMILES string of the molecule is CC(C)Cc1ccc([C@@H](CC=O)NC(=O)OC(C)(C)C)cc1. The Hall–Kier alpha value is -1.84. The molecule has 0 fully saturated rings. The first-order valence-electron chi connectivity index (χ1n) is 7.73. The standard InChI is InChI=1S/C18H27NO3/c1-13(2)12-14-6-8-15(9-7-14)16(10-11-20)19-17(21)22-18(3,4)5/h6-9,11,13,16H,10,12H2,1-5H3,(H,19,21)/t16-/m1/s1. The molecule has 22 heavy (non-hydrogen) atoms. The third-order valence-corrected chi connectivity index (χ3v) is 3.05. The van der Waals surface area contributed by atoms with Crippen molar-refractivity contribution in [2.45, 2.75) is 59.1 Å². The number of aldehydes is 1. The number of benzene rings is 1. The van der Waals surface area contributed by atoms with E-state index in [2.05, 4.69) is 19.2 Å². The van der Waals surface area contributed by atoms with Crippen molar-refractivity contribution in [1.82, 2.24) is 5.32 Å². The molecule has 0 spiro atoms. The minimum atomic E-state index is -0.559. The summed E-state index contributed by atoms with van der Waals surface area (Å²) in [6.07, 6.45) is 1.54. The molecule has 0 radical (unpaired) electrons. The van der Waals surface area contributed by atoms with Gasteiger partial charge in [0.1, 0.15) is 11.9 Å². The monoisotopic (exact) mass is 305 g/mol. The Labute approximate surface area is 133 Å². The maximum Gasteiger partial charge on any atom is 0.408 e. The van der Waals surface area contributed by atoms with E-state index in [0.29, 0.717) is 5.92 Å². The lowest BCUT2D eigenvalue weighted by atomic mass is 9.98. The van der Waals surface area contributed by atoms with Crippen LogP contribution in [0, 0.1) is 5.92 Å². The molecular weight excluding hydrogens is 278 g/mol. The Bertz CT molecular complexity index is 486. The molecule has 0 saturated heterocycles. The van der Waals surface area contributed by atoms with Crippen molar-refractivity contribution in [2.24, 2.45) is 5.92 Å². The van der Waals surface area contributed by atoms with Crippen LogP contribution in [0.15, 0.2) is 24.3 Å². The van der Waals surface area contributed by atoms with E-state index in [9.17, 15) is 9.59 Å². The van der Waals surface area contributed by atoms with Crippen LogP contribution in [0.1, 0.15) is 58.2 Å². The van der Waals surface area contributed by atoms with Crippen LogP contribution < -0.4 is 5.32 Å². The van der Waals surface area contributed by atoms with Crippen LogP contribution in [0.2, 0.25) is 0 Å². The lowest BCUT2D eigenvalue weighted by Crippen LogP contribution is -2.35. The van der Waals surface area contributed by atoms with E-state index in [-0.39, 0.29) is 12.5 Å². The Morgan fingerprint density at radius 2 is 1.82 bits per heavy atom. The van der Waals surface area contributed by atoms with Gasteiger partial charge in [-0.3, -0.25) is 0 Å². The van der Waals surface area contributed by atoms with Crippen LogP contribution in [0.25, 0.3) is 0 Å². The highest BCUT2D eigenvalue weighted by Crippen LogP contribution is 2.19. The van der Waals surface area contributed by atoms with Crippen molar-refractivity contribution < 1.29 is 14.3 Å². The van der Waals surface area contributed by atoms with Crippen LogP contribution in [0.5, 0.6) is 0 Å². The molecule has 0 aliphatic rings. The topological polar surface area (TPSA) is 55.4 Å². The average molecular weight is 305 g/mol. The minimum absolute atomic E-state index is 0.225. The summed E-state index contributed by atoms with van der Waals surface area (Å²) in [5.41, 5.74) is 1.60. The molecule has 1 aromatic rings. The summed E-state index contributed by atoms with van der Waals surface area (Å²) in [6, 6.07) is 7.65. The van der Waals surface area contributed by atoms with E-state index in [1.807, 2.05) is 45.0 Å². The van der Waals surface area contributed by atoms with Crippen LogP contribution >= 0.6 is 0 Å². The second-order valence-corrected chi connectivity index (χ2v) is 6.94. The summed E-state index contributed by atoms with van der Waals surface area (Å²) in [5.74, 6) is 0.594. The van der Waals surface area contributed by atoms with Gasteiger partial charge in [-0.25, -0.2) is 4.79 Å². The third kappa shape index (κ3) is 6.74. The molecule has 1 rings (SSSR count). The van der Waals surface area contributed by atoms with E-state index >= 15 is 0 Å². The molecule has 1 aromatic carbocycles. The molecular formula is C18H27NO3. The summed E-state index contributed by atoms with van der Waals surface area (Å²) in [6.45, 7) is 9.77. The zero-order valence-corrected chi connectivity index (χ0v) is 14.2. The zero-order valence-electron chi connectivity index (χ0n) is 14.2. The number of carbonyl (C=O) groups is 2. The number of hydrogen-bond donors (Lipinski definition) is 1. The summed E-state index contributed by atoms with van der Waals surface area (Å²) < 4.78 is 5.25. The molecule has 0 aromatic heterocycles. The van der Waals surface area contributed by atoms with E-state index in [1.54, 1.807) is 0 Å². The van der Waals surface area contributed by atoms with Crippen LogP contribution in [0.3, 0.4) is 0 Å². The van der Waals surface area contributed by atoms with Crippen molar-refractivity contribution in [3.8, 4) is 0 Å². The molecule has 0 unspecified atom stereocenters. The van der Waals surface area contributed by atoms with Gasteiger partial charge in [-0.2, -0.15) is 0 Å². The lowest BCUT2D eigenvalue weighted by Gasteiger charge is -2.23.